The number of hydrogen-bond donors (Lipinski definition) is 0. The van der Waals surface area contributed by atoms with Gasteiger partial charge in [0.05, 0.1) is 51.6 Å². The number of quaternary nitrogens is 1. The van der Waals surface area contributed by atoms with E-state index >= 15 is 0 Å². The summed E-state index contributed by atoms with van der Waals surface area (Å²) in [4.78, 5) is 28.0. The number of azide groups is 1. The van der Waals surface area contributed by atoms with Gasteiger partial charge in [0.1, 0.15) is 18.8 Å². The molecule has 0 aliphatic heterocycles. The quantitative estimate of drug-likeness (QED) is 0.0280. The minimum absolute atomic E-state index is 0. The van der Waals surface area contributed by atoms with Crippen molar-refractivity contribution in [3.8, 4) is 5.75 Å². The fourth-order valence-corrected chi connectivity index (χ4v) is 4.91. The van der Waals surface area contributed by atoms with Gasteiger partial charge in [-0.2, -0.15) is 0 Å². The van der Waals surface area contributed by atoms with Crippen molar-refractivity contribution in [2.45, 2.75) is 67.5 Å². The normalized spacial score (nSPS) is 10.2. The van der Waals surface area contributed by atoms with Crippen LogP contribution in [0.5, 0.6) is 5.75 Å². The first kappa shape index (κ1) is 47.9. The molecule has 1 heterocycles. The zero-order valence-electron chi connectivity index (χ0n) is 28.5. The molecule has 12 nitrogen and oxygen atoms in total. The Balaban J connectivity index is 0. The number of aromatic nitrogens is 3. The van der Waals surface area contributed by atoms with Gasteiger partial charge in [-0.15, -0.1) is 5.10 Å². The first-order valence-corrected chi connectivity index (χ1v) is 15.3. The average Bonchev–Trinajstić information content (AvgIpc) is 3.50. The van der Waals surface area contributed by atoms with Crippen molar-refractivity contribution < 1.29 is 85.0 Å². The molecule has 14 heteroatoms. The molecule has 0 N–H and O–H groups in total. The summed E-state index contributed by atoms with van der Waals surface area (Å²) in [5.74, 6) is 0.444. The Morgan fingerprint density at radius 1 is 1.02 bits per heavy atom. The first-order chi connectivity index (χ1) is 21.7. The maximum atomic E-state index is 13.2. The first-order valence-electron chi connectivity index (χ1n) is 15.3. The van der Waals surface area contributed by atoms with Gasteiger partial charge in [-0.25, -0.2) is 4.68 Å². The van der Waals surface area contributed by atoms with Crippen molar-refractivity contribution in [1.82, 2.24) is 15.0 Å². The Kier molecular flexibility index (Phi) is 26.5. The number of Topliss-reactive ketones (excluding diaryl/α,β-unsaturated/α-hetero) is 1. The number of halogens is 1. The number of nitrogens with zero attached hydrogens (tertiary/aromatic N) is 7. The summed E-state index contributed by atoms with van der Waals surface area (Å²) in [7, 11) is 3.02. The summed E-state index contributed by atoms with van der Waals surface area (Å²) >= 11 is 0. The van der Waals surface area contributed by atoms with Crippen molar-refractivity contribution in [2.75, 3.05) is 53.6 Å². The summed E-state index contributed by atoms with van der Waals surface area (Å²) in [6.07, 6.45) is 2.94. The summed E-state index contributed by atoms with van der Waals surface area (Å²) in [6, 6.07) is 13.8. The van der Waals surface area contributed by atoms with Gasteiger partial charge < -0.3 is 42.7 Å². The van der Waals surface area contributed by atoms with E-state index < -0.39 is 0 Å². The molecule has 0 aliphatic carbocycles. The topological polar surface area (TPSA) is 141 Å². The van der Waals surface area contributed by atoms with Gasteiger partial charge in [0.25, 0.3) is 0 Å². The minimum atomic E-state index is -0.320. The van der Waals surface area contributed by atoms with Crippen LogP contribution in [-0.4, -0.2) is 84.8 Å². The molecule has 0 saturated heterocycles. The predicted molar refractivity (Wildman–Crippen MR) is 179 cm³/mol. The van der Waals surface area contributed by atoms with Crippen molar-refractivity contribution >= 4 is 11.8 Å². The van der Waals surface area contributed by atoms with Crippen LogP contribution in [0.2, 0.25) is 0 Å². The number of carbonyl (C=O) groups is 2. The van der Waals surface area contributed by atoms with Gasteiger partial charge >= 0.3 is 5.97 Å². The second-order valence-electron chi connectivity index (χ2n) is 10.9. The Morgan fingerprint density at radius 3 is 2.21 bits per heavy atom. The van der Waals surface area contributed by atoms with E-state index in [1.54, 1.807) is 11.8 Å². The van der Waals surface area contributed by atoms with E-state index in [0.29, 0.717) is 56.0 Å². The van der Waals surface area contributed by atoms with Crippen LogP contribution in [0.4, 0.5) is 0 Å². The molecule has 263 valence electrons. The monoisotopic (exact) mass is 854 g/mol. The second-order valence-corrected chi connectivity index (χ2v) is 10.9. The number of carbonyl (C=O) groups excluding carboxylic acids is 2. The van der Waals surface area contributed by atoms with Gasteiger partial charge in [-0.05, 0) is 74.2 Å². The number of likely N-dealkylation sites (N-methyl/N-ethyl adjacent to an activating group) is 1. The van der Waals surface area contributed by atoms with Crippen LogP contribution >= 0.6 is 0 Å². The maximum Gasteiger partial charge on any atom is 0.311 e. The van der Waals surface area contributed by atoms with Crippen LogP contribution in [0.3, 0.4) is 0 Å². The van der Waals surface area contributed by atoms with Gasteiger partial charge in [0.2, 0.25) is 0 Å². The SMILES string of the molecule is C.CC[N+](CC)(CC(=O)Cc1c(C)cccc1C)Cc1ccc(OC(=O)CCc2cn(CCOCCOC)nn2)cc1.CN=[N+]=[N-].[I-].[Y]. The molecule has 0 amide bonds. The summed E-state index contributed by atoms with van der Waals surface area (Å²) in [5.41, 5.74) is 12.6. The third-order valence-corrected chi connectivity index (χ3v) is 7.70. The number of ether oxygens (including phenoxy) is 3. The van der Waals surface area contributed by atoms with E-state index in [-0.39, 0.29) is 82.3 Å². The number of ketones is 1. The molecule has 3 rings (SSSR count). The Morgan fingerprint density at radius 2 is 1.65 bits per heavy atom. The van der Waals surface area contributed by atoms with E-state index in [9.17, 15) is 9.59 Å². The summed E-state index contributed by atoms with van der Waals surface area (Å²) in [5, 5.41) is 11.1. The van der Waals surface area contributed by atoms with Gasteiger partial charge in [-0.1, -0.05) is 36.0 Å². The average molecular weight is 855 g/mol. The van der Waals surface area contributed by atoms with Crippen LogP contribution in [-0.2, 0) is 77.7 Å². The molecule has 0 fully saturated rings. The number of rotatable bonds is 18. The van der Waals surface area contributed by atoms with Gasteiger partial charge in [-0.3, -0.25) is 9.59 Å². The number of esters is 1. The zero-order valence-corrected chi connectivity index (χ0v) is 33.5. The zero-order chi connectivity index (χ0) is 33.1. The molecule has 0 atom stereocenters. The largest absolute Gasteiger partial charge is 1.00 e. The number of aryl methyl sites for hydroxylation is 3. The molecular weight excluding hydrogens is 802 g/mol. The van der Waals surface area contributed by atoms with Crippen molar-refractivity contribution in [2.24, 2.45) is 5.11 Å². The molecule has 1 aromatic heterocycles. The Bertz CT molecular complexity index is 1370. The fourth-order valence-electron chi connectivity index (χ4n) is 4.91. The summed E-state index contributed by atoms with van der Waals surface area (Å²) < 4.78 is 18.3. The van der Waals surface area contributed by atoms with Crippen molar-refractivity contribution in [3.05, 3.63) is 87.1 Å². The molecule has 0 aliphatic rings. The van der Waals surface area contributed by atoms with Crippen LogP contribution in [0.25, 0.3) is 10.4 Å². The molecule has 0 unspecified atom stereocenters. The summed E-state index contributed by atoms with van der Waals surface area (Å²) in [6.45, 7) is 13.6. The molecule has 0 bridgehead atoms. The molecule has 48 heavy (non-hydrogen) atoms. The van der Waals surface area contributed by atoms with Crippen LogP contribution in [0.15, 0.2) is 53.8 Å². The molecule has 2 aromatic carbocycles. The Hall–Kier alpha value is -2.26. The fraction of sp³-hybridized carbons (Fsp3) is 0.529. The van der Waals surface area contributed by atoms with Crippen LogP contribution in [0.1, 0.15) is 55.6 Å². The standard InChI is InChI=1S/C32H45N4O5.CH3N3.CH4.HI.Y/c1-6-36(7-2,24-29(37)21-31-25(3)9-8-10-26(31)4)23-27-11-14-30(15-12-27)41-32(38)16-13-28-22-35(34-33-28)17-18-40-20-19-39-5;1-3-4-2;;;/h8-12,14-15,22H,6-7,13,16-21,23-24H2,1-5H3;1H3;1H4;1H;/q+1;;;;/p-1. The molecule has 0 saturated carbocycles. The number of hydrogen-bond acceptors (Lipinski definition) is 8. The van der Waals surface area contributed by atoms with E-state index in [0.717, 1.165) is 36.5 Å². The predicted octanol–water partition coefficient (Wildman–Crippen LogP) is 2.83. The number of methoxy groups -OCH3 is 1. The molecule has 0 spiro atoms. The van der Waals surface area contributed by atoms with Crippen molar-refractivity contribution in [3.63, 3.8) is 0 Å². The maximum absolute atomic E-state index is 13.2. The van der Waals surface area contributed by atoms with E-state index in [4.69, 9.17) is 19.7 Å². The minimum Gasteiger partial charge on any atom is -1.00 e. The van der Waals surface area contributed by atoms with Crippen LogP contribution in [0, 0.1) is 13.8 Å². The molecule has 1 radical (unpaired) electrons. The second kappa shape index (κ2) is 26.6. The molecular formula is C34H52IN7O5Y. The van der Waals surface area contributed by atoms with Crippen LogP contribution < -0.4 is 28.7 Å². The Labute approximate surface area is 328 Å². The smallest absolute Gasteiger partial charge is 0.311 e. The van der Waals surface area contributed by atoms with E-state index in [1.165, 1.54) is 18.2 Å². The molecule has 3 aromatic rings. The van der Waals surface area contributed by atoms with Gasteiger partial charge in [0, 0.05) is 76.4 Å². The third kappa shape index (κ3) is 17.4. The van der Waals surface area contributed by atoms with E-state index in [1.807, 2.05) is 36.5 Å². The third-order valence-electron chi connectivity index (χ3n) is 7.70. The van der Waals surface area contributed by atoms with Crippen molar-refractivity contribution in [1.29, 1.82) is 0 Å². The van der Waals surface area contributed by atoms with E-state index in [2.05, 4.69) is 60.2 Å². The number of benzene rings is 2. The van der Waals surface area contributed by atoms with Gasteiger partial charge in [0.15, 0.2) is 5.78 Å².